The van der Waals surface area contributed by atoms with Crippen molar-refractivity contribution in [1.82, 2.24) is 10.9 Å². The molecule has 0 radical (unpaired) electrons. The summed E-state index contributed by atoms with van der Waals surface area (Å²) in [5.41, 5.74) is 7.57. The number of esters is 1. The summed E-state index contributed by atoms with van der Waals surface area (Å²) in [7, 11) is 0. The molecule has 2 amide bonds. The molecule has 0 aliphatic heterocycles. The molecule has 0 atom stereocenters. The second-order valence-corrected chi connectivity index (χ2v) is 7.00. The highest BCUT2D eigenvalue weighted by atomic mass is 32.1. The highest BCUT2D eigenvalue weighted by molar-refractivity contribution is 7.18. The topological polar surface area (TPSA) is 96.5 Å². The first-order chi connectivity index (χ1) is 13.3. The molecular formula is C20H23N3O4S. The van der Waals surface area contributed by atoms with Crippen LogP contribution in [0.25, 0.3) is 5.70 Å². The molecule has 2 rings (SSSR count). The standard InChI is InChI=1S/C20H23N3O4S/c1-5-27-20(26)17-12(2)18(28-19(17)21-14(4)24)13(3)22-23-16(25)11-15-9-7-6-8-10-15/h6-10,22H,3,5,11H2,1-2,4H3,(H,21,24)(H,23,25). The maximum atomic E-state index is 12.3. The first-order valence-corrected chi connectivity index (χ1v) is 9.51. The van der Waals surface area contributed by atoms with Gasteiger partial charge in [0.2, 0.25) is 11.8 Å². The number of carbonyl (C=O) groups excluding carboxylic acids is 3. The normalized spacial score (nSPS) is 10.1. The van der Waals surface area contributed by atoms with E-state index in [-0.39, 0.29) is 30.4 Å². The lowest BCUT2D eigenvalue weighted by Gasteiger charge is -2.11. The van der Waals surface area contributed by atoms with E-state index in [2.05, 4.69) is 22.7 Å². The van der Waals surface area contributed by atoms with Gasteiger partial charge in [-0.1, -0.05) is 36.9 Å². The molecule has 0 unspecified atom stereocenters. The zero-order chi connectivity index (χ0) is 20.7. The number of anilines is 1. The van der Waals surface area contributed by atoms with E-state index in [0.29, 0.717) is 21.1 Å². The van der Waals surface area contributed by atoms with Gasteiger partial charge in [-0.2, -0.15) is 0 Å². The Hall–Kier alpha value is -3.13. The monoisotopic (exact) mass is 401 g/mol. The smallest absolute Gasteiger partial charge is 0.341 e. The highest BCUT2D eigenvalue weighted by Crippen LogP contribution is 2.36. The Morgan fingerprint density at radius 2 is 1.82 bits per heavy atom. The molecule has 28 heavy (non-hydrogen) atoms. The summed E-state index contributed by atoms with van der Waals surface area (Å²) >= 11 is 1.19. The molecule has 7 nitrogen and oxygen atoms in total. The summed E-state index contributed by atoms with van der Waals surface area (Å²) in [5, 5.41) is 3.03. The Bertz CT molecular complexity index is 890. The molecule has 0 aliphatic carbocycles. The van der Waals surface area contributed by atoms with E-state index in [0.717, 1.165) is 5.56 Å². The number of hydrogen-bond donors (Lipinski definition) is 3. The Morgan fingerprint density at radius 3 is 2.43 bits per heavy atom. The Labute approximate surface area is 167 Å². The Kier molecular flexibility index (Phi) is 7.34. The maximum Gasteiger partial charge on any atom is 0.341 e. The fourth-order valence-electron chi connectivity index (χ4n) is 2.53. The summed E-state index contributed by atoms with van der Waals surface area (Å²) < 4.78 is 5.09. The van der Waals surface area contributed by atoms with Crippen LogP contribution in [-0.4, -0.2) is 24.4 Å². The summed E-state index contributed by atoms with van der Waals surface area (Å²) in [6.07, 6.45) is 0.218. The number of carbonyl (C=O) groups is 3. The second kappa shape index (κ2) is 9.70. The van der Waals surface area contributed by atoms with Gasteiger partial charge in [-0.15, -0.1) is 11.3 Å². The van der Waals surface area contributed by atoms with Crippen molar-refractivity contribution in [3.63, 3.8) is 0 Å². The van der Waals surface area contributed by atoms with E-state index < -0.39 is 5.97 Å². The van der Waals surface area contributed by atoms with Gasteiger partial charge in [0.1, 0.15) is 5.00 Å². The molecule has 0 spiro atoms. The van der Waals surface area contributed by atoms with Crippen molar-refractivity contribution in [1.29, 1.82) is 0 Å². The van der Waals surface area contributed by atoms with E-state index in [4.69, 9.17) is 4.74 Å². The number of rotatable bonds is 8. The summed E-state index contributed by atoms with van der Waals surface area (Å²) in [4.78, 5) is 36.5. The van der Waals surface area contributed by atoms with Crippen molar-refractivity contribution in [2.45, 2.75) is 27.2 Å². The van der Waals surface area contributed by atoms with E-state index in [1.165, 1.54) is 18.3 Å². The van der Waals surface area contributed by atoms with E-state index in [1.54, 1.807) is 13.8 Å². The van der Waals surface area contributed by atoms with Gasteiger partial charge >= 0.3 is 5.97 Å². The number of hydrazine groups is 1. The maximum absolute atomic E-state index is 12.3. The number of benzene rings is 1. The van der Waals surface area contributed by atoms with Gasteiger partial charge in [0, 0.05) is 6.92 Å². The molecule has 0 fully saturated rings. The zero-order valence-corrected chi connectivity index (χ0v) is 16.9. The SMILES string of the molecule is C=C(NNC(=O)Cc1ccccc1)c1sc(NC(C)=O)c(C(=O)OCC)c1C. The molecule has 0 bridgehead atoms. The predicted molar refractivity (Wildman–Crippen MR) is 110 cm³/mol. The van der Waals surface area contributed by atoms with E-state index >= 15 is 0 Å². The summed E-state index contributed by atoms with van der Waals surface area (Å²) in [6.45, 7) is 8.95. The van der Waals surface area contributed by atoms with Gasteiger partial charge in [-0.3, -0.25) is 20.4 Å². The minimum Gasteiger partial charge on any atom is -0.462 e. The fourth-order valence-corrected chi connectivity index (χ4v) is 3.69. The van der Waals surface area contributed by atoms with Crippen molar-refractivity contribution in [2.75, 3.05) is 11.9 Å². The average Bonchev–Trinajstić information content (AvgIpc) is 2.96. The van der Waals surface area contributed by atoms with Crippen molar-refractivity contribution >= 4 is 39.8 Å². The van der Waals surface area contributed by atoms with Gasteiger partial charge in [0.05, 0.1) is 29.2 Å². The Morgan fingerprint density at radius 1 is 1.14 bits per heavy atom. The molecule has 8 heteroatoms. The lowest BCUT2D eigenvalue weighted by Crippen LogP contribution is -2.36. The van der Waals surface area contributed by atoms with E-state index in [1.807, 2.05) is 30.3 Å². The second-order valence-electron chi connectivity index (χ2n) is 5.98. The predicted octanol–water partition coefficient (Wildman–Crippen LogP) is 3.03. The van der Waals surface area contributed by atoms with Gasteiger partial charge in [0.25, 0.3) is 0 Å². The third kappa shape index (κ3) is 5.43. The van der Waals surface area contributed by atoms with Crippen molar-refractivity contribution in [2.24, 2.45) is 0 Å². The van der Waals surface area contributed by atoms with Gasteiger partial charge in [0.15, 0.2) is 0 Å². The molecule has 148 valence electrons. The minimum atomic E-state index is -0.521. The molecule has 0 saturated carbocycles. The van der Waals surface area contributed by atoms with Crippen LogP contribution in [-0.2, 0) is 20.7 Å². The van der Waals surface area contributed by atoms with Crippen LogP contribution in [0.5, 0.6) is 0 Å². The minimum absolute atomic E-state index is 0.218. The first kappa shape index (κ1) is 21.2. The number of thiophene rings is 1. The molecule has 1 heterocycles. The summed E-state index contributed by atoms with van der Waals surface area (Å²) in [6, 6.07) is 9.34. The van der Waals surface area contributed by atoms with Gasteiger partial charge in [-0.25, -0.2) is 4.79 Å². The average molecular weight is 401 g/mol. The van der Waals surface area contributed by atoms with Crippen LogP contribution in [0.2, 0.25) is 0 Å². The van der Waals surface area contributed by atoms with Crippen LogP contribution in [0.3, 0.4) is 0 Å². The molecule has 1 aromatic heterocycles. The molecule has 0 saturated heterocycles. The largest absolute Gasteiger partial charge is 0.462 e. The molecule has 0 aliphatic rings. The van der Waals surface area contributed by atoms with E-state index in [9.17, 15) is 14.4 Å². The van der Waals surface area contributed by atoms with Gasteiger partial charge in [-0.05, 0) is 25.0 Å². The molecule has 3 N–H and O–H groups in total. The van der Waals surface area contributed by atoms with Crippen LogP contribution in [0.15, 0.2) is 36.9 Å². The van der Waals surface area contributed by atoms with Crippen molar-refractivity contribution in [3.05, 3.63) is 58.5 Å². The fraction of sp³-hybridized carbons (Fsp3) is 0.250. The number of hydrogen-bond acceptors (Lipinski definition) is 6. The number of nitrogens with one attached hydrogen (secondary N) is 3. The zero-order valence-electron chi connectivity index (χ0n) is 16.0. The lowest BCUT2D eigenvalue weighted by molar-refractivity contribution is -0.121. The quantitative estimate of drug-likeness (QED) is 0.467. The lowest BCUT2D eigenvalue weighted by atomic mass is 10.1. The van der Waals surface area contributed by atoms with Gasteiger partial charge < -0.3 is 10.1 Å². The summed E-state index contributed by atoms with van der Waals surface area (Å²) in [5.74, 6) is -1.05. The third-order valence-corrected chi connectivity index (χ3v) is 5.02. The van der Waals surface area contributed by atoms with Crippen LogP contribution in [0, 0.1) is 6.92 Å². The third-order valence-electron chi connectivity index (χ3n) is 3.75. The van der Waals surface area contributed by atoms with Crippen LogP contribution in [0.4, 0.5) is 5.00 Å². The number of amides is 2. The number of ether oxygens (including phenoxy) is 1. The van der Waals surface area contributed by atoms with Crippen molar-refractivity contribution in [3.8, 4) is 0 Å². The highest BCUT2D eigenvalue weighted by Gasteiger charge is 2.24. The van der Waals surface area contributed by atoms with Crippen LogP contribution in [0.1, 0.15) is 40.2 Å². The van der Waals surface area contributed by atoms with Crippen molar-refractivity contribution < 1.29 is 19.1 Å². The van der Waals surface area contributed by atoms with Crippen LogP contribution >= 0.6 is 11.3 Å². The molecular weight excluding hydrogens is 378 g/mol. The molecule has 1 aromatic carbocycles. The van der Waals surface area contributed by atoms with Crippen LogP contribution < -0.4 is 16.2 Å². The molecule has 2 aromatic rings. The first-order valence-electron chi connectivity index (χ1n) is 8.69. The Balaban J connectivity index is 2.12.